The molecular weight excluding hydrogens is 198 g/mol. The minimum absolute atomic E-state index is 0.0373. The Morgan fingerprint density at radius 3 is 2.25 bits per heavy atom. The standard InChI is InChI=1S/C14H27NO/c1-14(2,3)13(16)7-8-15-9-11-5-4-6-12(11)10-15/h11-13,16H,4-10H2,1-3H3. The van der Waals surface area contributed by atoms with Crippen LogP contribution in [0.5, 0.6) is 0 Å². The molecule has 0 spiro atoms. The zero-order chi connectivity index (χ0) is 11.8. The molecule has 0 radical (unpaired) electrons. The molecule has 2 nitrogen and oxygen atoms in total. The summed E-state index contributed by atoms with van der Waals surface area (Å²) in [5.74, 6) is 1.96. The van der Waals surface area contributed by atoms with E-state index < -0.39 is 0 Å². The number of aliphatic hydroxyl groups excluding tert-OH is 1. The van der Waals surface area contributed by atoms with Gasteiger partial charge in [-0.3, -0.25) is 0 Å². The molecule has 1 aliphatic carbocycles. The summed E-state index contributed by atoms with van der Waals surface area (Å²) in [5, 5.41) is 10.0. The van der Waals surface area contributed by atoms with E-state index in [9.17, 15) is 5.11 Å². The second-order valence-electron chi connectivity index (χ2n) is 6.88. The smallest absolute Gasteiger partial charge is 0.0600 e. The van der Waals surface area contributed by atoms with Crippen LogP contribution in [0.1, 0.15) is 46.5 Å². The third-order valence-electron chi connectivity index (χ3n) is 4.52. The van der Waals surface area contributed by atoms with Gasteiger partial charge in [0.15, 0.2) is 0 Å². The number of fused-ring (bicyclic) bond motifs is 1. The minimum atomic E-state index is -0.159. The van der Waals surface area contributed by atoms with E-state index in [1.165, 1.54) is 32.4 Å². The average molecular weight is 225 g/mol. The van der Waals surface area contributed by atoms with Crippen LogP contribution >= 0.6 is 0 Å². The Labute approximate surface area is 100 Å². The first kappa shape index (κ1) is 12.4. The molecule has 3 unspecified atom stereocenters. The van der Waals surface area contributed by atoms with Crippen LogP contribution in [-0.2, 0) is 0 Å². The van der Waals surface area contributed by atoms with Gasteiger partial charge in [-0.1, -0.05) is 27.2 Å². The third-order valence-corrected chi connectivity index (χ3v) is 4.52. The molecule has 0 bridgehead atoms. The summed E-state index contributed by atoms with van der Waals surface area (Å²) in [5.41, 5.74) is 0.0373. The Morgan fingerprint density at radius 2 is 1.75 bits per heavy atom. The summed E-state index contributed by atoms with van der Waals surface area (Å²) in [6.45, 7) is 10.0. The monoisotopic (exact) mass is 225 g/mol. The van der Waals surface area contributed by atoms with Crippen molar-refractivity contribution in [1.82, 2.24) is 4.90 Å². The zero-order valence-corrected chi connectivity index (χ0v) is 11.1. The molecule has 0 aromatic carbocycles. The van der Waals surface area contributed by atoms with Crippen molar-refractivity contribution in [2.24, 2.45) is 17.3 Å². The van der Waals surface area contributed by atoms with Crippen LogP contribution in [0.3, 0.4) is 0 Å². The van der Waals surface area contributed by atoms with Crippen molar-refractivity contribution in [3.05, 3.63) is 0 Å². The first-order valence-electron chi connectivity index (χ1n) is 6.87. The Hall–Kier alpha value is -0.0800. The molecule has 0 aromatic heterocycles. The van der Waals surface area contributed by atoms with Crippen LogP contribution in [0.2, 0.25) is 0 Å². The Bertz CT molecular complexity index is 221. The maximum absolute atomic E-state index is 10.0. The highest BCUT2D eigenvalue weighted by atomic mass is 16.3. The highest BCUT2D eigenvalue weighted by Crippen LogP contribution is 2.37. The van der Waals surface area contributed by atoms with Crippen LogP contribution in [-0.4, -0.2) is 35.7 Å². The van der Waals surface area contributed by atoms with Gasteiger partial charge in [-0.2, -0.15) is 0 Å². The molecule has 2 aliphatic rings. The topological polar surface area (TPSA) is 23.5 Å². The van der Waals surface area contributed by atoms with E-state index >= 15 is 0 Å². The minimum Gasteiger partial charge on any atom is -0.393 e. The molecule has 1 heterocycles. The second-order valence-corrected chi connectivity index (χ2v) is 6.88. The quantitative estimate of drug-likeness (QED) is 0.798. The van der Waals surface area contributed by atoms with Gasteiger partial charge in [0.2, 0.25) is 0 Å². The largest absolute Gasteiger partial charge is 0.393 e. The number of nitrogens with zero attached hydrogens (tertiary/aromatic N) is 1. The molecule has 2 rings (SSSR count). The van der Waals surface area contributed by atoms with E-state index in [4.69, 9.17) is 0 Å². The van der Waals surface area contributed by atoms with Crippen LogP contribution in [0.15, 0.2) is 0 Å². The van der Waals surface area contributed by atoms with E-state index in [-0.39, 0.29) is 11.5 Å². The van der Waals surface area contributed by atoms with Gasteiger partial charge in [-0.05, 0) is 36.5 Å². The molecule has 1 saturated heterocycles. The lowest BCUT2D eigenvalue weighted by molar-refractivity contribution is 0.0471. The highest BCUT2D eigenvalue weighted by Gasteiger charge is 2.36. The summed E-state index contributed by atoms with van der Waals surface area (Å²) in [4.78, 5) is 2.57. The fourth-order valence-corrected chi connectivity index (χ4v) is 3.25. The number of hydrogen-bond donors (Lipinski definition) is 1. The summed E-state index contributed by atoms with van der Waals surface area (Å²) >= 11 is 0. The molecule has 2 heteroatoms. The van der Waals surface area contributed by atoms with Gasteiger partial charge < -0.3 is 10.0 Å². The molecule has 0 amide bonds. The van der Waals surface area contributed by atoms with Crippen molar-refractivity contribution in [1.29, 1.82) is 0 Å². The molecule has 1 N–H and O–H groups in total. The predicted octanol–water partition coefficient (Wildman–Crippen LogP) is 2.52. The maximum atomic E-state index is 10.0. The lowest BCUT2D eigenvalue weighted by atomic mass is 9.87. The number of hydrogen-bond acceptors (Lipinski definition) is 2. The summed E-state index contributed by atoms with van der Waals surface area (Å²) < 4.78 is 0. The van der Waals surface area contributed by atoms with Gasteiger partial charge in [0, 0.05) is 19.6 Å². The van der Waals surface area contributed by atoms with Gasteiger partial charge in [0.05, 0.1) is 6.10 Å². The number of likely N-dealkylation sites (tertiary alicyclic amines) is 1. The fraction of sp³-hybridized carbons (Fsp3) is 1.00. The average Bonchev–Trinajstić information content (AvgIpc) is 2.71. The van der Waals surface area contributed by atoms with E-state index in [1.54, 1.807) is 0 Å². The third kappa shape index (κ3) is 2.78. The Balaban J connectivity index is 1.72. The van der Waals surface area contributed by atoms with Crippen LogP contribution in [0, 0.1) is 17.3 Å². The van der Waals surface area contributed by atoms with Crippen molar-refractivity contribution < 1.29 is 5.11 Å². The molecule has 1 aliphatic heterocycles. The first-order chi connectivity index (χ1) is 7.47. The highest BCUT2D eigenvalue weighted by molar-refractivity contribution is 4.88. The molecule has 16 heavy (non-hydrogen) atoms. The molecule has 2 fully saturated rings. The van der Waals surface area contributed by atoms with Crippen molar-refractivity contribution in [3.8, 4) is 0 Å². The molecule has 1 saturated carbocycles. The molecular formula is C14H27NO. The fourth-order valence-electron chi connectivity index (χ4n) is 3.25. The predicted molar refractivity (Wildman–Crippen MR) is 67.3 cm³/mol. The van der Waals surface area contributed by atoms with Gasteiger partial charge >= 0.3 is 0 Å². The lowest BCUT2D eigenvalue weighted by Crippen LogP contribution is -2.32. The van der Waals surface area contributed by atoms with Gasteiger partial charge in [-0.25, -0.2) is 0 Å². The van der Waals surface area contributed by atoms with Crippen LogP contribution in [0.4, 0.5) is 0 Å². The van der Waals surface area contributed by atoms with Gasteiger partial charge in [0.25, 0.3) is 0 Å². The first-order valence-corrected chi connectivity index (χ1v) is 6.87. The SMILES string of the molecule is CC(C)(C)C(O)CCN1CC2CCCC2C1. The summed E-state index contributed by atoms with van der Waals surface area (Å²) in [6, 6.07) is 0. The van der Waals surface area contributed by atoms with Crippen molar-refractivity contribution >= 4 is 0 Å². The van der Waals surface area contributed by atoms with Gasteiger partial charge in [-0.15, -0.1) is 0 Å². The maximum Gasteiger partial charge on any atom is 0.0600 e. The summed E-state index contributed by atoms with van der Waals surface area (Å²) in [7, 11) is 0. The van der Waals surface area contributed by atoms with E-state index in [2.05, 4.69) is 25.7 Å². The Morgan fingerprint density at radius 1 is 1.19 bits per heavy atom. The molecule has 94 valence electrons. The number of aliphatic hydroxyl groups is 1. The normalized spacial score (nSPS) is 33.0. The molecule has 3 atom stereocenters. The van der Waals surface area contributed by atoms with Gasteiger partial charge in [0.1, 0.15) is 0 Å². The van der Waals surface area contributed by atoms with Crippen LogP contribution < -0.4 is 0 Å². The lowest BCUT2D eigenvalue weighted by Gasteiger charge is -2.27. The van der Waals surface area contributed by atoms with Crippen molar-refractivity contribution in [2.45, 2.75) is 52.6 Å². The van der Waals surface area contributed by atoms with Crippen LogP contribution in [0.25, 0.3) is 0 Å². The van der Waals surface area contributed by atoms with E-state index in [1.807, 2.05) is 0 Å². The zero-order valence-electron chi connectivity index (χ0n) is 11.1. The van der Waals surface area contributed by atoms with Crippen molar-refractivity contribution in [2.75, 3.05) is 19.6 Å². The van der Waals surface area contributed by atoms with E-state index in [0.717, 1.165) is 24.8 Å². The van der Waals surface area contributed by atoms with Crippen molar-refractivity contribution in [3.63, 3.8) is 0 Å². The number of rotatable bonds is 3. The van der Waals surface area contributed by atoms with E-state index in [0.29, 0.717) is 0 Å². The summed E-state index contributed by atoms with van der Waals surface area (Å²) in [6.07, 6.45) is 5.12. The second kappa shape index (κ2) is 4.66. The molecule has 0 aromatic rings. The Kier molecular flexibility index (Phi) is 3.60.